The average molecular weight is 322 g/mol. The molecule has 3 rings (SSSR count). The summed E-state index contributed by atoms with van der Waals surface area (Å²) >= 11 is 0. The molecule has 0 bridgehead atoms. The number of ether oxygens (including phenoxy) is 2. The summed E-state index contributed by atoms with van der Waals surface area (Å²) < 4.78 is 10.4. The fraction of sp³-hybridized carbons (Fsp3) is 0.647. The Morgan fingerprint density at radius 3 is 2.91 bits per heavy atom. The van der Waals surface area contributed by atoms with Crippen LogP contribution in [0.2, 0.25) is 0 Å². The number of rotatable bonds is 2. The number of aliphatic hydroxyl groups excluding tert-OH is 1. The fourth-order valence-corrected chi connectivity index (χ4v) is 4.29. The van der Waals surface area contributed by atoms with Gasteiger partial charge in [0.2, 0.25) is 0 Å². The van der Waals surface area contributed by atoms with Gasteiger partial charge < -0.3 is 19.7 Å². The van der Waals surface area contributed by atoms with E-state index < -0.39 is 41.6 Å². The number of carbonyl (C=O) groups excluding carboxylic acids is 2. The van der Waals surface area contributed by atoms with Crippen molar-refractivity contribution >= 4 is 11.9 Å². The Balaban J connectivity index is 2.00. The van der Waals surface area contributed by atoms with Crippen LogP contribution in [0, 0.1) is 17.8 Å². The number of hydrogen-bond donors (Lipinski definition) is 2. The molecule has 0 aromatic heterocycles. The predicted octanol–water partition coefficient (Wildman–Crippen LogP) is 0.725. The lowest BCUT2D eigenvalue weighted by Gasteiger charge is -2.35. The van der Waals surface area contributed by atoms with Crippen molar-refractivity contribution in [1.29, 1.82) is 0 Å². The van der Waals surface area contributed by atoms with E-state index in [1.807, 2.05) is 0 Å². The zero-order valence-electron chi connectivity index (χ0n) is 13.3. The zero-order valence-corrected chi connectivity index (χ0v) is 13.3. The second kappa shape index (κ2) is 5.46. The van der Waals surface area contributed by atoms with Gasteiger partial charge in [-0.25, -0.2) is 4.79 Å². The Labute approximate surface area is 134 Å². The molecule has 6 nitrogen and oxygen atoms in total. The van der Waals surface area contributed by atoms with Crippen LogP contribution in [0.25, 0.3) is 0 Å². The summed E-state index contributed by atoms with van der Waals surface area (Å²) in [5.74, 6) is -2.07. The lowest BCUT2D eigenvalue weighted by atomic mass is 9.75. The molecule has 0 aromatic rings. The molecule has 6 unspecified atom stereocenters. The van der Waals surface area contributed by atoms with Crippen LogP contribution in [0.3, 0.4) is 0 Å². The molecule has 0 aromatic carbocycles. The van der Waals surface area contributed by atoms with Crippen LogP contribution in [0.4, 0.5) is 0 Å². The second-order valence-electron chi connectivity index (χ2n) is 6.96. The maximum absolute atomic E-state index is 11.8. The molecule has 0 radical (unpaired) electrons. The Morgan fingerprint density at radius 2 is 2.26 bits per heavy atom. The summed E-state index contributed by atoms with van der Waals surface area (Å²) in [5.41, 5.74) is -0.0359. The molecule has 2 fully saturated rings. The smallest absolute Gasteiger partial charge is 0.334 e. The van der Waals surface area contributed by atoms with Crippen LogP contribution >= 0.6 is 0 Å². The van der Waals surface area contributed by atoms with E-state index >= 15 is 0 Å². The van der Waals surface area contributed by atoms with Gasteiger partial charge in [0, 0.05) is 18.4 Å². The first-order valence-electron chi connectivity index (χ1n) is 7.86. The monoisotopic (exact) mass is 322 g/mol. The van der Waals surface area contributed by atoms with Crippen molar-refractivity contribution in [1.82, 2.24) is 0 Å². The first kappa shape index (κ1) is 16.2. The summed E-state index contributed by atoms with van der Waals surface area (Å²) in [6, 6.07) is 0. The summed E-state index contributed by atoms with van der Waals surface area (Å²) in [4.78, 5) is 23.0. The van der Waals surface area contributed by atoms with Crippen LogP contribution in [0.5, 0.6) is 0 Å². The van der Waals surface area contributed by atoms with Crippen molar-refractivity contribution in [3.8, 4) is 0 Å². The van der Waals surface area contributed by atoms with Crippen molar-refractivity contribution in [2.24, 2.45) is 17.8 Å². The Hall–Kier alpha value is -1.66. The minimum atomic E-state index is -1.06. The van der Waals surface area contributed by atoms with Crippen LogP contribution in [-0.2, 0) is 19.1 Å². The van der Waals surface area contributed by atoms with E-state index in [1.54, 1.807) is 13.0 Å². The number of fused-ring (bicyclic) bond motifs is 2. The molecule has 0 amide bonds. The second-order valence-corrected chi connectivity index (χ2v) is 6.96. The van der Waals surface area contributed by atoms with Gasteiger partial charge in [0.05, 0.1) is 17.6 Å². The Bertz CT molecular complexity index is 590. The van der Waals surface area contributed by atoms with Crippen molar-refractivity contribution in [2.45, 2.75) is 44.5 Å². The third kappa shape index (κ3) is 2.60. The van der Waals surface area contributed by atoms with Crippen molar-refractivity contribution in [3.63, 3.8) is 0 Å². The molecular weight excluding hydrogens is 300 g/mol. The molecule has 126 valence electrons. The van der Waals surface area contributed by atoms with Gasteiger partial charge in [-0.2, -0.15) is 0 Å². The van der Waals surface area contributed by atoms with Crippen LogP contribution in [0.15, 0.2) is 23.8 Å². The summed E-state index contributed by atoms with van der Waals surface area (Å²) in [6.07, 6.45) is 1.42. The topological polar surface area (TPSA) is 93.1 Å². The largest absolute Gasteiger partial charge is 0.461 e. The zero-order chi connectivity index (χ0) is 16.9. The number of carbonyl (C=O) groups is 2. The van der Waals surface area contributed by atoms with E-state index in [2.05, 4.69) is 6.58 Å². The van der Waals surface area contributed by atoms with Crippen LogP contribution < -0.4 is 0 Å². The highest BCUT2D eigenvalue weighted by Gasteiger charge is 2.56. The van der Waals surface area contributed by atoms with Gasteiger partial charge in [0.1, 0.15) is 12.7 Å². The van der Waals surface area contributed by atoms with Crippen molar-refractivity contribution in [2.75, 3.05) is 6.61 Å². The number of aliphatic hydroxyl groups is 2. The van der Waals surface area contributed by atoms with E-state index in [1.165, 1.54) is 6.92 Å². The first-order chi connectivity index (χ1) is 10.7. The molecule has 3 aliphatic rings. The third-order valence-corrected chi connectivity index (χ3v) is 5.41. The molecule has 1 aliphatic heterocycles. The number of hydrogen-bond acceptors (Lipinski definition) is 6. The minimum Gasteiger partial charge on any atom is -0.461 e. The van der Waals surface area contributed by atoms with E-state index in [0.717, 1.165) is 5.57 Å². The molecule has 23 heavy (non-hydrogen) atoms. The van der Waals surface area contributed by atoms with Gasteiger partial charge in [-0.15, -0.1) is 0 Å². The highest BCUT2D eigenvalue weighted by Crippen LogP contribution is 2.51. The summed E-state index contributed by atoms with van der Waals surface area (Å²) in [6.45, 7) is 6.85. The minimum absolute atomic E-state index is 0.0759. The Kier molecular flexibility index (Phi) is 3.84. The molecular formula is C17H22O6. The highest BCUT2D eigenvalue weighted by molar-refractivity contribution is 5.91. The van der Waals surface area contributed by atoms with E-state index in [9.17, 15) is 19.8 Å². The predicted molar refractivity (Wildman–Crippen MR) is 80.1 cm³/mol. The van der Waals surface area contributed by atoms with Gasteiger partial charge in [-0.3, -0.25) is 4.79 Å². The average Bonchev–Trinajstić information content (AvgIpc) is 2.86. The molecule has 1 heterocycles. The Morgan fingerprint density at radius 1 is 1.57 bits per heavy atom. The molecule has 6 heteroatoms. The quantitative estimate of drug-likeness (QED) is 0.442. The van der Waals surface area contributed by atoms with Gasteiger partial charge in [-0.1, -0.05) is 6.58 Å². The SMILES string of the molecule is C=C1C(=O)OC2C=C(COC(C)=O)C3CCC(C)(O)C3C(O)C12. The molecule has 0 spiro atoms. The van der Waals surface area contributed by atoms with Gasteiger partial charge in [-0.05, 0) is 37.3 Å². The van der Waals surface area contributed by atoms with Gasteiger partial charge in [0.25, 0.3) is 0 Å². The lowest BCUT2D eigenvalue weighted by Crippen LogP contribution is -2.45. The van der Waals surface area contributed by atoms with Crippen LogP contribution in [-0.4, -0.2) is 46.6 Å². The van der Waals surface area contributed by atoms with E-state index in [0.29, 0.717) is 12.8 Å². The molecule has 1 saturated carbocycles. The maximum Gasteiger partial charge on any atom is 0.334 e. The third-order valence-electron chi connectivity index (χ3n) is 5.41. The standard InChI is InChI=1S/C17H22O6/c1-8-13-12(23-16(8)20)6-10(7-22-9(2)18)11-4-5-17(3,21)14(11)15(13)19/h6,11-15,19,21H,1,4-5,7H2,2-3H3. The molecule has 2 aliphatic carbocycles. The van der Waals surface area contributed by atoms with E-state index in [-0.39, 0.29) is 18.1 Å². The lowest BCUT2D eigenvalue weighted by molar-refractivity contribution is -0.140. The van der Waals surface area contributed by atoms with Crippen molar-refractivity contribution < 1.29 is 29.3 Å². The first-order valence-corrected chi connectivity index (χ1v) is 7.86. The molecule has 1 saturated heterocycles. The van der Waals surface area contributed by atoms with Gasteiger partial charge >= 0.3 is 11.9 Å². The fourth-order valence-electron chi connectivity index (χ4n) is 4.29. The van der Waals surface area contributed by atoms with Crippen LogP contribution in [0.1, 0.15) is 26.7 Å². The van der Waals surface area contributed by atoms with Crippen molar-refractivity contribution in [3.05, 3.63) is 23.8 Å². The maximum atomic E-state index is 11.8. The highest BCUT2D eigenvalue weighted by atomic mass is 16.6. The summed E-state index contributed by atoms with van der Waals surface area (Å²) in [5, 5.41) is 21.6. The number of esters is 2. The normalized spacial score (nSPS) is 42.4. The van der Waals surface area contributed by atoms with Gasteiger partial charge in [0.15, 0.2) is 0 Å². The summed E-state index contributed by atoms with van der Waals surface area (Å²) in [7, 11) is 0. The molecule has 2 N–H and O–H groups in total. The molecule has 6 atom stereocenters. The van der Waals surface area contributed by atoms with E-state index in [4.69, 9.17) is 9.47 Å².